The monoisotopic (exact) mass is 283 g/mol. The van der Waals surface area contributed by atoms with Crippen LogP contribution in [0.25, 0.3) is 0 Å². The van der Waals surface area contributed by atoms with E-state index in [1.807, 2.05) is 53.6 Å². The lowest BCUT2D eigenvalue weighted by molar-refractivity contribution is -0.137. The van der Waals surface area contributed by atoms with Crippen LogP contribution in [0.2, 0.25) is 0 Å². The number of hydrogen-bond acceptors (Lipinski definition) is 2. The highest BCUT2D eigenvalue weighted by Crippen LogP contribution is 2.34. The van der Waals surface area contributed by atoms with Crippen molar-refractivity contribution in [2.24, 2.45) is 5.73 Å². The zero-order valence-electron chi connectivity index (χ0n) is 12.3. The number of likely N-dealkylation sites (tertiary alicyclic amines) is 1. The first-order valence-corrected chi connectivity index (χ1v) is 7.39. The molecule has 1 fully saturated rings. The Bertz CT molecular complexity index is 604. The van der Waals surface area contributed by atoms with E-state index < -0.39 is 5.54 Å². The Morgan fingerprint density at radius 3 is 2.71 bits per heavy atom. The number of carbonyl (C=O) groups excluding carboxylic acids is 1. The van der Waals surface area contributed by atoms with Crippen molar-refractivity contribution in [3.05, 3.63) is 59.9 Å². The van der Waals surface area contributed by atoms with Gasteiger partial charge in [0.1, 0.15) is 5.54 Å². The Hall–Kier alpha value is -2.07. The Balaban J connectivity index is 1.87. The molecular weight excluding hydrogens is 262 g/mol. The fourth-order valence-corrected chi connectivity index (χ4v) is 3.09. The quantitative estimate of drug-likeness (QED) is 0.909. The minimum atomic E-state index is -0.990. The van der Waals surface area contributed by atoms with E-state index in [2.05, 4.69) is 4.98 Å². The van der Waals surface area contributed by atoms with E-state index in [0.717, 1.165) is 30.6 Å². The van der Waals surface area contributed by atoms with Gasteiger partial charge in [0.05, 0.1) is 6.04 Å². The predicted molar refractivity (Wildman–Crippen MR) is 82.5 cm³/mol. The zero-order chi connectivity index (χ0) is 14.9. The van der Waals surface area contributed by atoms with Gasteiger partial charge in [-0.25, -0.2) is 0 Å². The molecule has 1 amide bonds. The van der Waals surface area contributed by atoms with E-state index in [-0.39, 0.29) is 11.9 Å². The molecule has 4 heteroatoms. The SMILES string of the molecule is CC(N)(C(=O)N1CCCC1c1ccc[nH]1)c1ccccc1. The maximum absolute atomic E-state index is 13.0. The molecule has 1 aliphatic heterocycles. The highest BCUT2D eigenvalue weighted by atomic mass is 16.2. The van der Waals surface area contributed by atoms with E-state index in [1.165, 1.54) is 0 Å². The van der Waals surface area contributed by atoms with Crippen molar-refractivity contribution in [3.63, 3.8) is 0 Å². The Labute approximate surface area is 125 Å². The molecule has 2 heterocycles. The molecule has 2 atom stereocenters. The van der Waals surface area contributed by atoms with Crippen LogP contribution < -0.4 is 5.73 Å². The first-order chi connectivity index (χ1) is 10.1. The second-order valence-corrected chi connectivity index (χ2v) is 5.85. The van der Waals surface area contributed by atoms with Crippen molar-refractivity contribution in [2.75, 3.05) is 6.54 Å². The smallest absolute Gasteiger partial charge is 0.247 e. The lowest BCUT2D eigenvalue weighted by atomic mass is 9.91. The first kappa shape index (κ1) is 13.9. The van der Waals surface area contributed by atoms with Crippen LogP contribution in [0.1, 0.15) is 37.1 Å². The molecule has 2 unspecified atom stereocenters. The minimum Gasteiger partial charge on any atom is -0.363 e. The number of nitrogens with two attached hydrogens (primary N) is 1. The van der Waals surface area contributed by atoms with Crippen LogP contribution in [0.15, 0.2) is 48.7 Å². The number of benzene rings is 1. The maximum Gasteiger partial charge on any atom is 0.247 e. The molecule has 0 spiro atoms. The van der Waals surface area contributed by atoms with Crippen LogP contribution in [0, 0.1) is 0 Å². The van der Waals surface area contributed by atoms with Crippen molar-refractivity contribution in [3.8, 4) is 0 Å². The summed E-state index contributed by atoms with van der Waals surface area (Å²) in [6, 6.07) is 13.7. The number of aromatic amines is 1. The summed E-state index contributed by atoms with van der Waals surface area (Å²) in [5, 5.41) is 0. The number of carbonyl (C=O) groups is 1. The third-order valence-corrected chi connectivity index (χ3v) is 4.31. The van der Waals surface area contributed by atoms with Gasteiger partial charge in [-0.2, -0.15) is 0 Å². The van der Waals surface area contributed by atoms with Crippen molar-refractivity contribution in [1.82, 2.24) is 9.88 Å². The molecule has 0 aliphatic carbocycles. The fraction of sp³-hybridized carbons (Fsp3) is 0.353. The van der Waals surface area contributed by atoms with E-state index in [9.17, 15) is 4.79 Å². The zero-order valence-corrected chi connectivity index (χ0v) is 12.3. The van der Waals surface area contributed by atoms with E-state index in [0.29, 0.717) is 0 Å². The molecule has 3 N–H and O–H groups in total. The summed E-state index contributed by atoms with van der Waals surface area (Å²) in [4.78, 5) is 18.1. The minimum absolute atomic E-state index is 0.00852. The lowest BCUT2D eigenvalue weighted by Crippen LogP contribution is -2.50. The summed E-state index contributed by atoms with van der Waals surface area (Å²) in [5.74, 6) is -0.00852. The van der Waals surface area contributed by atoms with Gasteiger partial charge in [0.25, 0.3) is 0 Å². The molecule has 0 bridgehead atoms. The predicted octanol–water partition coefficient (Wildman–Crippen LogP) is 2.55. The van der Waals surface area contributed by atoms with Gasteiger partial charge in [-0.3, -0.25) is 4.79 Å². The van der Waals surface area contributed by atoms with Gasteiger partial charge < -0.3 is 15.6 Å². The average Bonchev–Trinajstić information content (AvgIpc) is 3.18. The van der Waals surface area contributed by atoms with Crippen LogP contribution in [-0.4, -0.2) is 22.3 Å². The van der Waals surface area contributed by atoms with Gasteiger partial charge in [-0.15, -0.1) is 0 Å². The van der Waals surface area contributed by atoms with Gasteiger partial charge in [0.2, 0.25) is 5.91 Å². The average molecular weight is 283 g/mol. The van der Waals surface area contributed by atoms with Crippen molar-refractivity contribution in [2.45, 2.75) is 31.3 Å². The standard InChI is InChI=1S/C17H21N3O/c1-17(18,13-7-3-2-4-8-13)16(21)20-12-6-10-15(20)14-9-5-11-19-14/h2-5,7-9,11,15,19H,6,10,12,18H2,1H3. The van der Waals surface area contributed by atoms with Crippen LogP contribution in [-0.2, 0) is 10.3 Å². The van der Waals surface area contributed by atoms with E-state index in [1.54, 1.807) is 6.92 Å². The van der Waals surface area contributed by atoms with Crippen LogP contribution >= 0.6 is 0 Å². The Kier molecular flexibility index (Phi) is 3.55. The second kappa shape index (κ2) is 5.37. The fourth-order valence-electron chi connectivity index (χ4n) is 3.09. The maximum atomic E-state index is 13.0. The highest BCUT2D eigenvalue weighted by molar-refractivity contribution is 5.87. The molecule has 3 rings (SSSR count). The van der Waals surface area contributed by atoms with Gasteiger partial charge >= 0.3 is 0 Å². The lowest BCUT2D eigenvalue weighted by Gasteiger charge is -2.33. The number of amides is 1. The Morgan fingerprint density at radius 1 is 1.29 bits per heavy atom. The van der Waals surface area contributed by atoms with Crippen molar-refractivity contribution < 1.29 is 4.79 Å². The molecule has 4 nitrogen and oxygen atoms in total. The topological polar surface area (TPSA) is 62.1 Å². The van der Waals surface area contributed by atoms with Crippen molar-refractivity contribution >= 4 is 5.91 Å². The molecular formula is C17H21N3O. The summed E-state index contributed by atoms with van der Waals surface area (Å²) in [5.41, 5.74) is 7.33. The largest absolute Gasteiger partial charge is 0.363 e. The molecule has 21 heavy (non-hydrogen) atoms. The van der Waals surface area contributed by atoms with Gasteiger partial charge in [0, 0.05) is 18.4 Å². The molecule has 1 saturated heterocycles. The van der Waals surface area contributed by atoms with Gasteiger partial charge in [0.15, 0.2) is 0 Å². The number of rotatable bonds is 3. The molecule has 1 aromatic carbocycles. The summed E-state index contributed by atoms with van der Waals surface area (Å²) < 4.78 is 0. The number of H-pyrrole nitrogens is 1. The highest BCUT2D eigenvalue weighted by Gasteiger charge is 2.40. The van der Waals surface area contributed by atoms with Gasteiger partial charge in [-0.05, 0) is 37.5 Å². The number of hydrogen-bond donors (Lipinski definition) is 2. The summed E-state index contributed by atoms with van der Waals surface area (Å²) in [6.45, 7) is 2.57. The molecule has 110 valence electrons. The molecule has 1 aromatic heterocycles. The normalized spacial score (nSPS) is 21.2. The number of nitrogens with zero attached hydrogens (tertiary/aromatic N) is 1. The van der Waals surface area contributed by atoms with Gasteiger partial charge in [-0.1, -0.05) is 30.3 Å². The second-order valence-electron chi connectivity index (χ2n) is 5.85. The molecule has 0 saturated carbocycles. The first-order valence-electron chi connectivity index (χ1n) is 7.39. The summed E-state index contributed by atoms with van der Waals surface area (Å²) in [6.07, 6.45) is 3.90. The summed E-state index contributed by atoms with van der Waals surface area (Å²) >= 11 is 0. The molecule has 1 aliphatic rings. The molecule has 2 aromatic rings. The number of aromatic nitrogens is 1. The molecule has 0 radical (unpaired) electrons. The summed E-state index contributed by atoms with van der Waals surface area (Å²) in [7, 11) is 0. The number of nitrogens with one attached hydrogen (secondary N) is 1. The van der Waals surface area contributed by atoms with Crippen LogP contribution in [0.4, 0.5) is 0 Å². The van der Waals surface area contributed by atoms with Crippen LogP contribution in [0.3, 0.4) is 0 Å². The van der Waals surface area contributed by atoms with E-state index >= 15 is 0 Å². The third-order valence-electron chi connectivity index (χ3n) is 4.31. The van der Waals surface area contributed by atoms with Crippen molar-refractivity contribution in [1.29, 1.82) is 0 Å². The van der Waals surface area contributed by atoms with Crippen LogP contribution in [0.5, 0.6) is 0 Å². The Morgan fingerprint density at radius 2 is 2.05 bits per heavy atom. The van der Waals surface area contributed by atoms with E-state index in [4.69, 9.17) is 5.73 Å². The third kappa shape index (κ3) is 2.47.